The van der Waals surface area contributed by atoms with E-state index in [1.165, 1.54) is 0 Å². The molecule has 0 aliphatic carbocycles. The van der Waals surface area contributed by atoms with Crippen molar-refractivity contribution in [2.24, 2.45) is 0 Å². The summed E-state index contributed by atoms with van der Waals surface area (Å²) in [6, 6.07) is 25.0. The van der Waals surface area contributed by atoms with Gasteiger partial charge in [-0.3, -0.25) is 4.79 Å². The first kappa shape index (κ1) is 26.1. The van der Waals surface area contributed by atoms with Crippen LogP contribution in [0.4, 0.5) is 5.69 Å². The molecule has 1 unspecified atom stereocenters. The lowest BCUT2D eigenvalue weighted by atomic mass is 10.0. The fourth-order valence-corrected chi connectivity index (χ4v) is 3.71. The van der Waals surface area contributed by atoms with Gasteiger partial charge in [-0.25, -0.2) is 0 Å². The number of carbonyl (C=O) groups is 1. The van der Waals surface area contributed by atoms with Crippen LogP contribution in [0.15, 0.2) is 78.9 Å². The van der Waals surface area contributed by atoms with Crippen molar-refractivity contribution in [2.75, 3.05) is 11.9 Å². The number of thiocarbonyl (C=S) groups is 1. The molecular weight excluding hydrogens is 513 g/mol. The number of alkyl halides is 3. The molecule has 3 aromatic carbocycles. The summed E-state index contributed by atoms with van der Waals surface area (Å²) in [6.45, 7) is 2.49. The highest BCUT2D eigenvalue weighted by Crippen LogP contribution is 2.29. The van der Waals surface area contributed by atoms with Gasteiger partial charge in [0.05, 0.1) is 13.0 Å². The van der Waals surface area contributed by atoms with Crippen LogP contribution in [0, 0.1) is 0 Å². The van der Waals surface area contributed by atoms with Crippen LogP contribution < -0.4 is 20.7 Å². The number of hydrogen-bond donors (Lipinski definition) is 3. The Morgan fingerprint density at radius 2 is 1.53 bits per heavy atom. The van der Waals surface area contributed by atoms with Gasteiger partial charge in [0.2, 0.25) is 9.70 Å². The van der Waals surface area contributed by atoms with Crippen LogP contribution in [-0.4, -0.2) is 27.6 Å². The SMILES string of the molecule is CCOc1ccc(NC(=S)NC(NC(=O)Cc2ccc(-c3ccccc3)cc2)C(Cl)(Cl)Cl)cc1. The smallest absolute Gasteiger partial charge is 0.228 e. The zero-order valence-corrected chi connectivity index (χ0v) is 21.4. The van der Waals surface area contributed by atoms with E-state index in [1.807, 2.05) is 73.7 Å². The first-order valence-corrected chi connectivity index (χ1v) is 12.1. The van der Waals surface area contributed by atoms with Gasteiger partial charge >= 0.3 is 0 Å². The maximum absolute atomic E-state index is 12.7. The molecule has 0 aliphatic rings. The van der Waals surface area contributed by atoms with Crippen LogP contribution in [0.1, 0.15) is 12.5 Å². The number of benzene rings is 3. The van der Waals surface area contributed by atoms with Crippen LogP contribution in [0.25, 0.3) is 11.1 Å². The molecule has 0 aromatic heterocycles. The number of ether oxygens (including phenoxy) is 1. The van der Waals surface area contributed by atoms with Crippen molar-refractivity contribution in [1.82, 2.24) is 10.6 Å². The second kappa shape index (κ2) is 12.3. The second-order valence-electron chi connectivity index (χ2n) is 7.34. The lowest BCUT2D eigenvalue weighted by Gasteiger charge is -2.27. The zero-order chi connectivity index (χ0) is 24.6. The Hall–Kier alpha value is -2.51. The van der Waals surface area contributed by atoms with E-state index in [2.05, 4.69) is 16.0 Å². The van der Waals surface area contributed by atoms with E-state index in [1.54, 1.807) is 12.1 Å². The Morgan fingerprint density at radius 3 is 2.12 bits per heavy atom. The summed E-state index contributed by atoms with van der Waals surface area (Å²) in [7, 11) is 0. The van der Waals surface area contributed by atoms with Crippen molar-refractivity contribution in [3.05, 3.63) is 84.4 Å². The number of anilines is 1. The quantitative estimate of drug-likeness (QED) is 0.185. The molecule has 5 nitrogen and oxygen atoms in total. The van der Waals surface area contributed by atoms with Crippen molar-refractivity contribution in [2.45, 2.75) is 23.3 Å². The average molecular weight is 537 g/mol. The zero-order valence-electron chi connectivity index (χ0n) is 18.4. The molecule has 0 fully saturated rings. The highest BCUT2D eigenvalue weighted by Gasteiger charge is 2.34. The summed E-state index contributed by atoms with van der Waals surface area (Å²) >= 11 is 23.6. The summed E-state index contributed by atoms with van der Waals surface area (Å²) in [5, 5.41) is 8.74. The minimum absolute atomic E-state index is 0.118. The molecule has 3 rings (SSSR count). The van der Waals surface area contributed by atoms with Gasteiger partial charge in [-0.15, -0.1) is 0 Å². The van der Waals surface area contributed by atoms with Crippen molar-refractivity contribution in [1.29, 1.82) is 0 Å². The number of nitrogens with one attached hydrogen (secondary N) is 3. The van der Waals surface area contributed by atoms with Gasteiger partial charge in [-0.05, 0) is 60.1 Å². The molecule has 0 bridgehead atoms. The molecule has 9 heteroatoms. The summed E-state index contributed by atoms with van der Waals surface area (Å²) in [5.41, 5.74) is 3.72. The summed E-state index contributed by atoms with van der Waals surface area (Å²) in [4.78, 5) is 12.7. The van der Waals surface area contributed by atoms with Crippen LogP contribution in [0.2, 0.25) is 0 Å². The Morgan fingerprint density at radius 1 is 0.912 bits per heavy atom. The molecule has 3 aromatic rings. The largest absolute Gasteiger partial charge is 0.494 e. The third kappa shape index (κ3) is 8.06. The minimum atomic E-state index is -1.84. The Kier molecular flexibility index (Phi) is 9.42. The van der Waals surface area contributed by atoms with E-state index >= 15 is 0 Å². The second-order valence-corrected chi connectivity index (χ2v) is 10.1. The van der Waals surface area contributed by atoms with Crippen molar-refractivity contribution in [3.8, 4) is 16.9 Å². The summed E-state index contributed by atoms with van der Waals surface area (Å²) < 4.78 is 3.58. The van der Waals surface area contributed by atoms with Crippen LogP contribution in [0.3, 0.4) is 0 Å². The molecule has 0 aliphatic heterocycles. The number of rotatable bonds is 8. The van der Waals surface area contributed by atoms with Crippen LogP contribution in [-0.2, 0) is 11.2 Å². The van der Waals surface area contributed by atoms with E-state index in [0.717, 1.165) is 22.4 Å². The molecule has 0 radical (unpaired) electrons. The van der Waals surface area contributed by atoms with E-state index < -0.39 is 9.96 Å². The molecule has 0 saturated carbocycles. The van der Waals surface area contributed by atoms with Gasteiger partial charge in [0, 0.05) is 5.69 Å². The molecule has 1 amide bonds. The van der Waals surface area contributed by atoms with Gasteiger partial charge in [0.15, 0.2) is 5.11 Å². The van der Waals surface area contributed by atoms with Crippen molar-refractivity contribution < 1.29 is 9.53 Å². The monoisotopic (exact) mass is 535 g/mol. The van der Waals surface area contributed by atoms with Gasteiger partial charge in [0.1, 0.15) is 11.9 Å². The molecule has 1 atom stereocenters. The Labute approximate surface area is 219 Å². The predicted molar refractivity (Wildman–Crippen MR) is 145 cm³/mol. The number of amides is 1. The molecule has 178 valence electrons. The maximum atomic E-state index is 12.7. The molecule has 0 spiro atoms. The summed E-state index contributed by atoms with van der Waals surface area (Å²) in [6.07, 6.45) is -0.927. The third-order valence-corrected chi connectivity index (χ3v) is 5.63. The number of halogens is 3. The highest BCUT2D eigenvalue weighted by atomic mass is 35.6. The molecular formula is C25H24Cl3N3O2S. The van der Waals surface area contributed by atoms with Crippen LogP contribution >= 0.6 is 47.0 Å². The fraction of sp³-hybridized carbons (Fsp3) is 0.200. The van der Waals surface area contributed by atoms with Crippen LogP contribution in [0.5, 0.6) is 5.75 Å². The number of carbonyl (C=O) groups excluding carboxylic acids is 1. The number of hydrogen-bond acceptors (Lipinski definition) is 3. The first-order chi connectivity index (χ1) is 16.2. The lowest BCUT2D eigenvalue weighted by molar-refractivity contribution is -0.121. The molecule has 34 heavy (non-hydrogen) atoms. The molecule has 3 N–H and O–H groups in total. The van der Waals surface area contributed by atoms with Gasteiger partial charge in [0.25, 0.3) is 0 Å². The van der Waals surface area contributed by atoms with Gasteiger partial charge in [-0.1, -0.05) is 89.4 Å². The van der Waals surface area contributed by atoms with Gasteiger partial charge in [-0.2, -0.15) is 0 Å². The fourth-order valence-electron chi connectivity index (χ4n) is 3.14. The van der Waals surface area contributed by atoms with E-state index in [0.29, 0.717) is 12.3 Å². The third-order valence-electron chi connectivity index (χ3n) is 4.76. The molecule has 0 heterocycles. The lowest BCUT2D eigenvalue weighted by Crippen LogP contribution is -2.56. The van der Waals surface area contributed by atoms with E-state index in [-0.39, 0.29) is 17.4 Å². The van der Waals surface area contributed by atoms with E-state index in [9.17, 15) is 4.79 Å². The van der Waals surface area contributed by atoms with E-state index in [4.69, 9.17) is 51.8 Å². The average Bonchev–Trinajstić information content (AvgIpc) is 2.80. The Bertz CT molecular complexity index is 1090. The van der Waals surface area contributed by atoms with Crippen molar-refractivity contribution in [3.63, 3.8) is 0 Å². The predicted octanol–water partition coefficient (Wildman–Crippen LogP) is 6.09. The normalized spacial score (nSPS) is 11.9. The van der Waals surface area contributed by atoms with Gasteiger partial charge < -0.3 is 20.7 Å². The minimum Gasteiger partial charge on any atom is -0.494 e. The topological polar surface area (TPSA) is 62.4 Å². The van der Waals surface area contributed by atoms with Crippen molar-refractivity contribution >= 4 is 63.7 Å². The standard InChI is InChI=1S/C25H24Cl3N3O2S/c1-2-33-21-14-12-20(13-15-21)29-24(34)31-23(25(26,27)28)30-22(32)16-17-8-10-19(11-9-17)18-6-4-3-5-7-18/h3-15,23H,2,16H2,1H3,(H,30,32)(H2,29,31,34). The maximum Gasteiger partial charge on any atom is 0.228 e. The highest BCUT2D eigenvalue weighted by molar-refractivity contribution is 7.80. The first-order valence-electron chi connectivity index (χ1n) is 10.6. The summed E-state index contributed by atoms with van der Waals surface area (Å²) in [5.74, 6) is 0.426. The Balaban J connectivity index is 1.57. The molecule has 0 saturated heterocycles.